The van der Waals surface area contributed by atoms with Crippen LogP contribution in [0.4, 0.5) is 0 Å². The molecule has 31 heavy (non-hydrogen) atoms. The third-order valence-electron chi connectivity index (χ3n) is 5.34. The Balaban J connectivity index is 1.87. The number of benzene rings is 2. The lowest BCUT2D eigenvalue weighted by atomic mass is 10.1. The quantitative estimate of drug-likeness (QED) is 0.375. The van der Waals surface area contributed by atoms with Gasteiger partial charge in [0.15, 0.2) is 0 Å². The van der Waals surface area contributed by atoms with Gasteiger partial charge in [-0.1, -0.05) is 18.2 Å². The third kappa shape index (κ3) is 6.31. The van der Waals surface area contributed by atoms with Gasteiger partial charge in [0.1, 0.15) is 17.2 Å². The first-order chi connectivity index (χ1) is 15.2. The van der Waals surface area contributed by atoms with Crippen molar-refractivity contribution < 1.29 is 18.9 Å². The molecule has 1 saturated heterocycles. The maximum Gasteiger partial charge on any atom is 0.129 e. The van der Waals surface area contributed by atoms with Crippen LogP contribution >= 0.6 is 11.8 Å². The Hall–Kier alpha value is -2.38. The zero-order chi connectivity index (χ0) is 22.1. The summed E-state index contributed by atoms with van der Waals surface area (Å²) in [6.45, 7) is 1.66. The van der Waals surface area contributed by atoms with Gasteiger partial charge in [0, 0.05) is 42.5 Å². The summed E-state index contributed by atoms with van der Waals surface area (Å²) >= 11 is 1.78. The Bertz CT molecular complexity index is 822. The molecule has 168 valence electrons. The van der Waals surface area contributed by atoms with E-state index in [4.69, 9.17) is 24.0 Å². The number of rotatable bonds is 11. The number of ether oxygens (including phenoxy) is 4. The van der Waals surface area contributed by atoms with Gasteiger partial charge in [-0.05, 0) is 31.4 Å². The molecule has 2 atom stereocenters. The number of thioether (sulfide) groups is 1. The lowest BCUT2D eigenvalue weighted by Gasteiger charge is -2.22. The number of hydrogen-bond donors (Lipinski definition) is 0. The number of hydrogen-bond acceptors (Lipinski definition) is 7. The lowest BCUT2D eigenvalue weighted by Crippen LogP contribution is -2.29. The van der Waals surface area contributed by atoms with Crippen LogP contribution in [0.3, 0.4) is 0 Å². The molecule has 0 aliphatic carbocycles. The van der Waals surface area contributed by atoms with Gasteiger partial charge in [-0.3, -0.25) is 5.01 Å². The summed E-state index contributed by atoms with van der Waals surface area (Å²) in [6.07, 6.45) is 5.01. The maximum atomic E-state index is 5.67. The van der Waals surface area contributed by atoms with E-state index in [1.807, 2.05) is 18.2 Å². The second kappa shape index (κ2) is 11.9. The Morgan fingerprint density at radius 2 is 1.77 bits per heavy atom. The van der Waals surface area contributed by atoms with Crippen molar-refractivity contribution in [1.29, 1.82) is 0 Å². The van der Waals surface area contributed by atoms with E-state index >= 15 is 0 Å². The van der Waals surface area contributed by atoms with Gasteiger partial charge in [-0.15, -0.1) is 11.8 Å². The molecule has 0 bridgehead atoms. The zero-order valence-corrected chi connectivity index (χ0v) is 19.6. The van der Waals surface area contributed by atoms with Crippen LogP contribution in [0.1, 0.15) is 18.4 Å². The summed E-state index contributed by atoms with van der Waals surface area (Å²) < 4.78 is 22.1. The van der Waals surface area contributed by atoms with E-state index in [1.54, 1.807) is 40.2 Å². The van der Waals surface area contributed by atoms with Crippen molar-refractivity contribution in [3.63, 3.8) is 0 Å². The molecule has 1 aliphatic rings. The lowest BCUT2D eigenvalue weighted by molar-refractivity contribution is 0.118. The van der Waals surface area contributed by atoms with Crippen LogP contribution in [-0.2, 0) is 11.2 Å². The molecule has 0 unspecified atom stereocenters. The predicted molar refractivity (Wildman–Crippen MR) is 126 cm³/mol. The Kier molecular flexibility index (Phi) is 8.91. The van der Waals surface area contributed by atoms with Gasteiger partial charge in [0.05, 0.1) is 39.2 Å². The number of hydrazone groups is 1. The highest BCUT2D eigenvalue weighted by molar-refractivity contribution is 8.00. The largest absolute Gasteiger partial charge is 0.496 e. The van der Waals surface area contributed by atoms with Crippen LogP contribution in [0.25, 0.3) is 0 Å². The molecule has 2 aromatic carbocycles. The molecule has 2 aromatic rings. The van der Waals surface area contributed by atoms with E-state index in [0.717, 1.165) is 36.4 Å². The average Bonchev–Trinajstić information content (AvgIpc) is 3.25. The van der Waals surface area contributed by atoms with E-state index in [-0.39, 0.29) is 5.25 Å². The van der Waals surface area contributed by atoms with E-state index in [2.05, 4.69) is 35.5 Å². The molecule has 0 saturated carbocycles. The van der Waals surface area contributed by atoms with Gasteiger partial charge in [0.25, 0.3) is 0 Å². The fourth-order valence-electron chi connectivity index (χ4n) is 3.77. The van der Waals surface area contributed by atoms with Gasteiger partial charge in [0.2, 0.25) is 0 Å². The first-order valence-electron chi connectivity index (χ1n) is 10.5. The van der Waals surface area contributed by atoms with Crippen molar-refractivity contribution in [2.75, 3.05) is 41.6 Å². The van der Waals surface area contributed by atoms with Gasteiger partial charge in [-0.25, -0.2) is 0 Å². The summed E-state index contributed by atoms with van der Waals surface area (Å²) in [6, 6.07) is 14.5. The normalized spacial score (nSPS) is 17.2. The summed E-state index contributed by atoms with van der Waals surface area (Å²) in [4.78, 5) is 1.19. The fraction of sp³-hybridized carbons (Fsp3) is 0.458. The summed E-state index contributed by atoms with van der Waals surface area (Å²) in [5, 5.41) is 7.12. The molecule has 1 aliphatic heterocycles. The Morgan fingerprint density at radius 3 is 2.39 bits per heavy atom. The predicted octanol–water partition coefficient (Wildman–Crippen LogP) is 4.51. The van der Waals surface area contributed by atoms with Crippen molar-refractivity contribution in [3.05, 3.63) is 48.0 Å². The standard InChI is InChI=1S/C24H32N2O4S/c1-27-17-18-9-8-12-26(18)25-16-21(31-20-10-6-5-7-11-20)15-22-23(29-3)13-19(28-2)14-24(22)30-4/h5-7,10-11,13-14,16,18,21H,8-9,12,15,17H2,1-4H3/b25-16+/t18-,21-/m0/s1. The van der Waals surface area contributed by atoms with Crippen LogP contribution < -0.4 is 14.2 Å². The maximum absolute atomic E-state index is 5.67. The van der Waals surface area contributed by atoms with Gasteiger partial charge < -0.3 is 18.9 Å². The highest BCUT2D eigenvalue weighted by Gasteiger charge is 2.24. The van der Waals surface area contributed by atoms with Crippen LogP contribution in [-0.4, -0.2) is 64.1 Å². The third-order valence-corrected chi connectivity index (χ3v) is 6.47. The van der Waals surface area contributed by atoms with E-state index in [1.165, 1.54) is 4.90 Å². The topological polar surface area (TPSA) is 52.5 Å². The van der Waals surface area contributed by atoms with Gasteiger partial charge >= 0.3 is 0 Å². The smallest absolute Gasteiger partial charge is 0.129 e. The van der Waals surface area contributed by atoms with E-state index in [9.17, 15) is 0 Å². The van der Waals surface area contributed by atoms with Crippen molar-refractivity contribution in [2.45, 2.75) is 35.4 Å². The SMILES string of the molecule is COC[C@@H]1CCCN1/N=C/[C@H](Cc1c(OC)cc(OC)cc1OC)Sc1ccccc1. The molecule has 6 nitrogen and oxygen atoms in total. The molecule has 0 N–H and O–H groups in total. The van der Waals surface area contributed by atoms with Crippen LogP contribution in [0, 0.1) is 0 Å². The Labute approximate surface area is 189 Å². The molecule has 0 aromatic heterocycles. The summed E-state index contributed by atoms with van der Waals surface area (Å²) in [5.74, 6) is 2.21. The zero-order valence-electron chi connectivity index (χ0n) is 18.7. The van der Waals surface area contributed by atoms with E-state index < -0.39 is 0 Å². The van der Waals surface area contributed by atoms with Crippen LogP contribution in [0.5, 0.6) is 17.2 Å². The molecule has 1 heterocycles. The highest BCUT2D eigenvalue weighted by Crippen LogP contribution is 2.37. The summed E-state index contributed by atoms with van der Waals surface area (Å²) in [5.41, 5.74) is 1.00. The van der Waals surface area contributed by atoms with Gasteiger partial charge in [-0.2, -0.15) is 5.10 Å². The molecule has 0 amide bonds. The molecular weight excluding hydrogens is 412 g/mol. The van der Waals surface area contributed by atoms with Crippen LogP contribution in [0.15, 0.2) is 52.5 Å². The van der Waals surface area contributed by atoms with Crippen molar-refractivity contribution in [3.8, 4) is 17.2 Å². The number of nitrogens with zero attached hydrogens (tertiary/aromatic N) is 2. The average molecular weight is 445 g/mol. The first kappa shape index (κ1) is 23.3. The molecule has 0 radical (unpaired) electrons. The second-order valence-electron chi connectivity index (χ2n) is 7.36. The molecule has 7 heteroatoms. The second-order valence-corrected chi connectivity index (χ2v) is 8.68. The minimum Gasteiger partial charge on any atom is -0.496 e. The highest BCUT2D eigenvalue weighted by atomic mass is 32.2. The first-order valence-corrected chi connectivity index (χ1v) is 11.4. The van der Waals surface area contributed by atoms with Crippen molar-refractivity contribution >= 4 is 18.0 Å². The van der Waals surface area contributed by atoms with Crippen molar-refractivity contribution in [2.24, 2.45) is 5.10 Å². The van der Waals surface area contributed by atoms with Crippen LogP contribution in [0.2, 0.25) is 0 Å². The monoisotopic (exact) mass is 444 g/mol. The minimum atomic E-state index is 0.0994. The molecule has 0 spiro atoms. The minimum absolute atomic E-state index is 0.0994. The summed E-state index contributed by atoms with van der Waals surface area (Å²) in [7, 11) is 6.73. The molecule has 3 rings (SSSR count). The van der Waals surface area contributed by atoms with Crippen molar-refractivity contribution in [1.82, 2.24) is 5.01 Å². The molecule has 1 fully saturated rings. The Morgan fingerprint density at radius 1 is 1.06 bits per heavy atom. The number of methoxy groups -OCH3 is 4. The fourth-order valence-corrected chi connectivity index (χ4v) is 4.80. The molecular formula is C24H32N2O4S. The van der Waals surface area contributed by atoms with E-state index in [0.29, 0.717) is 24.8 Å².